The van der Waals surface area contributed by atoms with E-state index >= 15 is 0 Å². The first-order chi connectivity index (χ1) is 11.3. The van der Waals surface area contributed by atoms with Gasteiger partial charge < -0.3 is 14.4 Å². The summed E-state index contributed by atoms with van der Waals surface area (Å²) in [7, 11) is 0. The van der Waals surface area contributed by atoms with Gasteiger partial charge in [0, 0.05) is 16.5 Å². The molecule has 0 bridgehead atoms. The van der Waals surface area contributed by atoms with Gasteiger partial charge in [-0.1, -0.05) is 64.5 Å². The monoisotopic (exact) mass is 375 g/mol. The van der Waals surface area contributed by atoms with E-state index in [9.17, 15) is 4.79 Å². The summed E-state index contributed by atoms with van der Waals surface area (Å²) in [6, 6.07) is 15.7. The van der Waals surface area contributed by atoms with Crippen LogP contribution in [0.25, 0.3) is 0 Å². The van der Waals surface area contributed by atoms with Gasteiger partial charge in [0.25, 0.3) is 0 Å². The number of halogens is 1. The Morgan fingerprint density at radius 3 is 2.78 bits per heavy atom. The fourth-order valence-corrected chi connectivity index (χ4v) is 3.00. The van der Waals surface area contributed by atoms with Crippen LogP contribution < -0.4 is 4.74 Å². The van der Waals surface area contributed by atoms with E-state index in [2.05, 4.69) is 15.9 Å². The molecule has 4 nitrogen and oxygen atoms in total. The fraction of sp³-hybridized carbons (Fsp3) is 0.278. The predicted molar refractivity (Wildman–Crippen MR) is 91.6 cm³/mol. The number of ether oxygens (including phenoxy) is 2. The van der Waals surface area contributed by atoms with Crippen LogP contribution in [0.5, 0.6) is 5.75 Å². The second kappa shape index (κ2) is 7.51. The Labute approximate surface area is 144 Å². The summed E-state index contributed by atoms with van der Waals surface area (Å²) in [4.78, 5) is 14.0. The molecule has 3 rings (SSSR count). The molecule has 5 heteroatoms. The maximum Gasteiger partial charge on any atom is 0.410 e. The molecule has 2 aromatic rings. The highest BCUT2D eigenvalue weighted by molar-refractivity contribution is 9.08. The second-order valence-corrected chi connectivity index (χ2v) is 5.91. The van der Waals surface area contributed by atoms with E-state index in [-0.39, 0.29) is 12.7 Å². The molecule has 1 heterocycles. The first-order valence-corrected chi connectivity index (χ1v) is 8.65. The fourth-order valence-electron chi connectivity index (χ4n) is 2.56. The summed E-state index contributed by atoms with van der Waals surface area (Å²) in [5.74, 6) is 0.878. The van der Waals surface area contributed by atoms with Crippen molar-refractivity contribution in [2.24, 2.45) is 0 Å². The summed E-state index contributed by atoms with van der Waals surface area (Å²) >= 11 is 3.47. The van der Waals surface area contributed by atoms with Crippen LogP contribution in [-0.4, -0.2) is 24.1 Å². The predicted octanol–water partition coefficient (Wildman–Crippen LogP) is 4.11. The van der Waals surface area contributed by atoms with Gasteiger partial charge in [-0.05, 0) is 5.56 Å². The van der Waals surface area contributed by atoms with Crippen molar-refractivity contribution in [3.05, 3.63) is 65.2 Å². The number of alkyl halides is 1. The summed E-state index contributed by atoms with van der Waals surface area (Å²) < 4.78 is 11.3. The van der Waals surface area contributed by atoms with Crippen molar-refractivity contribution in [1.29, 1.82) is 0 Å². The smallest absolute Gasteiger partial charge is 0.410 e. The van der Waals surface area contributed by atoms with E-state index in [0.717, 1.165) is 27.8 Å². The van der Waals surface area contributed by atoms with Crippen LogP contribution in [0.4, 0.5) is 4.79 Å². The molecule has 0 fully saturated rings. The van der Waals surface area contributed by atoms with Gasteiger partial charge in [-0.3, -0.25) is 0 Å². The Bertz CT molecular complexity index is 675. The second-order valence-electron chi connectivity index (χ2n) is 5.35. The molecule has 1 aliphatic rings. The highest BCUT2D eigenvalue weighted by Gasteiger charge is 2.22. The lowest BCUT2D eigenvalue weighted by Gasteiger charge is -2.19. The van der Waals surface area contributed by atoms with Crippen molar-refractivity contribution in [2.75, 3.05) is 13.2 Å². The Morgan fingerprint density at radius 1 is 1.17 bits per heavy atom. The van der Waals surface area contributed by atoms with Gasteiger partial charge in [0.1, 0.15) is 19.0 Å². The minimum absolute atomic E-state index is 0.283. The van der Waals surface area contributed by atoms with Crippen molar-refractivity contribution in [3.63, 3.8) is 0 Å². The molecule has 1 amide bonds. The highest BCUT2D eigenvalue weighted by atomic mass is 79.9. The van der Waals surface area contributed by atoms with Gasteiger partial charge in [-0.2, -0.15) is 0 Å². The number of benzene rings is 2. The van der Waals surface area contributed by atoms with E-state index in [1.807, 2.05) is 48.5 Å². The molecule has 0 atom stereocenters. The van der Waals surface area contributed by atoms with Crippen molar-refractivity contribution >= 4 is 22.0 Å². The van der Waals surface area contributed by atoms with E-state index in [4.69, 9.17) is 9.47 Å². The van der Waals surface area contributed by atoms with E-state index in [0.29, 0.717) is 19.7 Å². The third-order valence-corrected chi connectivity index (χ3v) is 4.36. The van der Waals surface area contributed by atoms with Gasteiger partial charge in [0.15, 0.2) is 0 Å². The first kappa shape index (κ1) is 15.9. The Hall–Kier alpha value is -2.01. The van der Waals surface area contributed by atoms with Gasteiger partial charge in [0.2, 0.25) is 0 Å². The van der Waals surface area contributed by atoms with E-state index in [1.54, 1.807) is 4.90 Å². The van der Waals surface area contributed by atoms with Crippen molar-refractivity contribution < 1.29 is 14.3 Å². The maximum absolute atomic E-state index is 12.3. The van der Waals surface area contributed by atoms with Crippen LogP contribution >= 0.6 is 15.9 Å². The lowest BCUT2D eigenvalue weighted by Crippen LogP contribution is -2.32. The molecule has 120 valence electrons. The maximum atomic E-state index is 12.3. The van der Waals surface area contributed by atoms with Gasteiger partial charge in [0.05, 0.1) is 13.1 Å². The first-order valence-electron chi connectivity index (χ1n) is 7.53. The zero-order valence-corrected chi connectivity index (χ0v) is 14.3. The van der Waals surface area contributed by atoms with Crippen molar-refractivity contribution in [3.8, 4) is 5.75 Å². The third kappa shape index (κ3) is 3.85. The van der Waals surface area contributed by atoms with Gasteiger partial charge in [-0.15, -0.1) is 0 Å². The molecule has 0 saturated carbocycles. The zero-order valence-electron chi connectivity index (χ0n) is 12.7. The van der Waals surface area contributed by atoms with E-state index in [1.165, 1.54) is 0 Å². The van der Waals surface area contributed by atoms with Crippen LogP contribution in [0.15, 0.2) is 48.5 Å². The highest BCUT2D eigenvalue weighted by Crippen LogP contribution is 2.29. The number of amides is 1. The largest absolute Gasteiger partial charge is 0.491 e. The lowest BCUT2D eigenvalue weighted by atomic mass is 10.1. The topological polar surface area (TPSA) is 38.8 Å². The average molecular weight is 376 g/mol. The molecule has 1 aliphatic heterocycles. The molecule has 0 aromatic heterocycles. The molecular formula is C18H18BrNO3. The standard InChI is InChI=1S/C18H18BrNO3/c19-11-15-7-4-8-16-12-20(9-10-22-17(15)16)18(21)23-13-14-5-2-1-3-6-14/h1-8H,9-13H2. The van der Waals surface area contributed by atoms with Crippen LogP contribution in [0, 0.1) is 0 Å². The summed E-state index contributed by atoms with van der Waals surface area (Å²) in [6.45, 7) is 1.77. The lowest BCUT2D eigenvalue weighted by molar-refractivity contribution is 0.0913. The molecule has 0 radical (unpaired) electrons. The Balaban J connectivity index is 1.67. The number of nitrogens with zero attached hydrogens (tertiary/aromatic N) is 1. The molecule has 0 spiro atoms. The van der Waals surface area contributed by atoms with Gasteiger partial charge >= 0.3 is 6.09 Å². The minimum Gasteiger partial charge on any atom is -0.491 e. The average Bonchev–Trinajstić information content (AvgIpc) is 2.82. The number of hydrogen-bond acceptors (Lipinski definition) is 3. The van der Waals surface area contributed by atoms with Crippen LogP contribution in [0.2, 0.25) is 0 Å². The van der Waals surface area contributed by atoms with Crippen LogP contribution in [0.3, 0.4) is 0 Å². The number of carbonyl (C=O) groups is 1. The number of rotatable bonds is 3. The van der Waals surface area contributed by atoms with Crippen LogP contribution in [0.1, 0.15) is 16.7 Å². The van der Waals surface area contributed by atoms with Crippen molar-refractivity contribution in [2.45, 2.75) is 18.5 Å². The Kier molecular flexibility index (Phi) is 5.18. The molecule has 0 unspecified atom stereocenters. The number of fused-ring (bicyclic) bond motifs is 1. The van der Waals surface area contributed by atoms with Crippen LogP contribution in [-0.2, 0) is 23.2 Å². The number of para-hydroxylation sites is 1. The summed E-state index contributed by atoms with van der Waals surface area (Å²) in [5, 5.41) is 0.731. The molecule has 2 aromatic carbocycles. The third-order valence-electron chi connectivity index (χ3n) is 3.75. The molecule has 0 N–H and O–H groups in total. The Morgan fingerprint density at radius 2 is 2.00 bits per heavy atom. The molecular weight excluding hydrogens is 358 g/mol. The molecule has 0 aliphatic carbocycles. The van der Waals surface area contributed by atoms with E-state index < -0.39 is 0 Å². The summed E-state index contributed by atoms with van der Waals surface area (Å²) in [5.41, 5.74) is 3.09. The molecule has 0 saturated heterocycles. The zero-order chi connectivity index (χ0) is 16.1. The van der Waals surface area contributed by atoms with Crippen molar-refractivity contribution in [1.82, 2.24) is 4.90 Å². The summed E-state index contributed by atoms with van der Waals surface area (Å²) in [6.07, 6.45) is -0.311. The quantitative estimate of drug-likeness (QED) is 0.757. The minimum atomic E-state index is -0.311. The molecule has 23 heavy (non-hydrogen) atoms. The SMILES string of the molecule is O=C(OCc1ccccc1)N1CCOc2c(CBr)cccc2C1. The van der Waals surface area contributed by atoms with Gasteiger partial charge in [-0.25, -0.2) is 4.79 Å². The number of hydrogen-bond donors (Lipinski definition) is 0. The number of carbonyl (C=O) groups excluding carboxylic acids is 1. The normalized spacial score (nSPS) is 13.7.